The minimum atomic E-state index is -0.528. The molecular weight excluding hydrogens is 334 g/mol. The molecule has 0 unspecified atom stereocenters. The Morgan fingerprint density at radius 3 is 2.62 bits per heavy atom. The number of nitrogens with one attached hydrogen (secondary N) is 1. The number of esters is 1. The van der Waals surface area contributed by atoms with Crippen molar-refractivity contribution in [3.05, 3.63) is 59.8 Å². The van der Waals surface area contributed by atoms with E-state index in [1.165, 1.54) is 0 Å². The third-order valence-corrected chi connectivity index (χ3v) is 3.69. The van der Waals surface area contributed by atoms with Gasteiger partial charge in [-0.2, -0.15) is 10.3 Å². The van der Waals surface area contributed by atoms with Crippen molar-refractivity contribution < 1.29 is 19.0 Å². The molecule has 134 valence electrons. The molecule has 0 atom stereocenters. The monoisotopic (exact) mass is 353 g/mol. The molecule has 0 radical (unpaired) electrons. The third kappa shape index (κ3) is 3.83. The highest BCUT2D eigenvalue weighted by Crippen LogP contribution is 2.33. The van der Waals surface area contributed by atoms with E-state index in [0.29, 0.717) is 29.4 Å². The number of hydrogen-bond acceptors (Lipinski definition) is 6. The highest BCUT2D eigenvalue weighted by molar-refractivity contribution is 5.94. The minimum absolute atomic E-state index is 0.131. The minimum Gasteiger partial charge on any atom is -0.493 e. The van der Waals surface area contributed by atoms with Crippen LogP contribution in [0.1, 0.15) is 23.0 Å². The van der Waals surface area contributed by atoms with Crippen LogP contribution in [0.5, 0.6) is 11.5 Å². The summed E-state index contributed by atoms with van der Waals surface area (Å²) in [5.41, 5.74) is 2.26. The first-order valence-electron chi connectivity index (χ1n) is 8.16. The summed E-state index contributed by atoms with van der Waals surface area (Å²) < 4.78 is 16.3. The largest absolute Gasteiger partial charge is 0.493 e. The Hall–Kier alpha value is -3.35. The van der Waals surface area contributed by atoms with Crippen LogP contribution in [-0.2, 0) is 11.3 Å². The van der Waals surface area contributed by atoms with E-state index in [9.17, 15) is 4.79 Å². The van der Waals surface area contributed by atoms with Gasteiger partial charge in [0.1, 0.15) is 12.3 Å². The Kier molecular flexibility index (Phi) is 5.48. The molecule has 0 fully saturated rings. The first-order valence-corrected chi connectivity index (χ1v) is 8.16. The van der Waals surface area contributed by atoms with Gasteiger partial charge in [-0.25, -0.2) is 4.79 Å². The Balaban J connectivity index is 1.83. The highest BCUT2D eigenvalue weighted by Gasteiger charge is 2.20. The quantitative estimate of drug-likeness (QED) is 0.656. The lowest BCUT2D eigenvalue weighted by molar-refractivity contribution is 0.0520. The number of H-pyrrole nitrogens is 1. The van der Waals surface area contributed by atoms with Crippen molar-refractivity contribution >= 4 is 5.97 Å². The second kappa shape index (κ2) is 8.15. The Morgan fingerprint density at radius 2 is 1.88 bits per heavy atom. The molecule has 0 aliphatic heterocycles. The second-order valence-electron chi connectivity index (χ2n) is 5.38. The van der Waals surface area contributed by atoms with E-state index in [-0.39, 0.29) is 12.3 Å². The fraction of sp³-hybridized carbons (Fsp3) is 0.211. The fourth-order valence-electron chi connectivity index (χ4n) is 2.44. The van der Waals surface area contributed by atoms with Gasteiger partial charge in [-0.15, -0.1) is 5.10 Å². The van der Waals surface area contributed by atoms with Gasteiger partial charge in [0.2, 0.25) is 0 Å². The molecule has 1 N–H and O–H groups in total. The van der Waals surface area contributed by atoms with E-state index in [1.54, 1.807) is 32.2 Å². The van der Waals surface area contributed by atoms with Crippen LogP contribution in [0.3, 0.4) is 0 Å². The normalized spacial score (nSPS) is 10.4. The van der Waals surface area contributed by atoms with Gasteiger partial charge in [-0.1, -0.05) is 30.3 Å². The number of aromatic nitrogens is 3. The molecular formula is C19H19N3O4. The first-order chi connectivity index (χ1) is 12.7. The SMILES string of the molecule is CCOC(=O)c1n[nH]nc1-c1ccc(OCc2ccccc2)c(OC)c1. The number of aromatic amines is 1. The van der Waals surface area contributed by atoms with Gasteiger partial charge < -0.3 is 14.2 Å². The molecule has 0 spiro atoms. The molecule has 0 aliphatic rings. The predicted molar refractivity (Wildman–Crippen MR) is 95.1 cm³/mol. The number of nitrogens with zero attached hydrogens (tertiary/aromatic N) is 2. The fourth-order valence-corrected chi connectivity index (χ4v) is 2.44. The topological polar surface area (TPSA) is 86.3 Å². The average molecular weight is 353 g/mol. The smallest absolute Gasteiger partial charge is 0.361 e. The van der Waals surface area contributed by atoms with Crippen LogP contribution in [0.15, 0.2) is 48.5 Å². The van der Waals surface area contributed by atoms with Crippen molar-refractivity contribution in [2.24, 2.45) is 0 Å². The summed E-state index contributed by atoms with van der Waals surface area (Å²) in [5, 5.41) is 10.4. The lowest BCUT2D eigenvalue weighted by atomic mass is 10.1. The number of ether oxygens (including phenoxy) is 3. The molecule has 7 nitrogen and oxygen atoms in total. The number of carbonyl (C=O) groups excluding carboxylic acids is 1. The van der Waals surface area contributed by atoms with Crippen molar-refractivity contribution in [2.45, 2.75) is 13.5 Å². The lowest BCUT2D eigenvalue weighted by Gasteiger charge is -2.12. The van der Waals surface area contributed by atoms with Gasteiger partial charge in [0.05, 0.1) is 13.7 Å². The van der Waals surface area contributed by atoms with Crippen LogP contribution in [0, 0.1) is 0 Å². The molecule has 2 aromatic carbocycles. The van der Waals surface area contributed by atoms with Crippen LogP contribution < -0.4 is 9.47 Å². The Morgan fingerprint density at radius 1 is 1.08 bits per heavy atom. The van der Waals surface area contributed by atoms with Gasteiger partial charge in [-0.05, 0) is 30.7 Å². The molecule has 3 aromatic rings. The number of carbonyl (C=O) groups is 1. The summed E-state index contributed by atoms with van der Waals surface area (Å²) in [6.45, 7) is 2.43. The Bertz CT molecular complexity index is 878. The van der Waals surface area contributed by atoms with Crippen LogP contribution in [0.4, 0.5) is 0 Å². The van der Waals surface area contributed by atoms with Crippen molar-refractivity contribution in [2.75, 3.05) is 13.7 Å². The van der Waals surface area contributed by atoms with E-state index >= 15 is 0 Å². The number of methoxy groups -OCH3 is 1. The molecule has 0 aliphatic carbocycles. The number of hydrogen-bond donors (Lipinski definition) is 1. The van der Waals surface area contributed by atoms with Gasteiger partial charge in [0.15, 0.2) is 17.2 Å². The first kappa shape index (κ1) is 17.5. The molecule has 0 saturated heterocycles. The van der Waals surface area contributed by atoms with Crippen LogP contribution >= 0.6 is 0 Å². The lowest BCUT2D eigenvalue weighted by Crippen LogP contribution is -2.06. The zero-order valence-electron chi connectivity index (χ0n) is 14.6. The molecule has 1 heterocycles. The van der Waals surface area contributed by atoms with Gasteiger partial charge in [-0.3, -0.25) is 0 Å². The van der Waals surface area contributed by atoms with E-state index in [0.717, 1.165) is 5.56 Å². The zero-order valence-corrected chi connectivity index (χ0v) is 14.6. The summed E-state index contributed by atoms with van der Waals surface area (Å²) >= 11 is 0. The molecule has 1 aromatic heterocycles. The maximum Gasteiger partial charge on any atom is 0.361 e. The van der Waals surface area contributed by atoms with Gasteiger partial charge >= 0.3 is 5.97 Å². The highest BCUT2D eigenvalue weighted by atomic mass is 16.5. The molecule has 26 heavy (non-hydrogen) atoms. The maximum absolute atomic E-state index is 12.0. The molecule has 0 saturated carbocycles. The number of benzene rings is 2. The second-order valence-corrected chi connectivity index (χ2v) is 5.38. The third-order valence-electron chi connectivity index (χ3n) is 3.69. The van der Waals surface area contributed by atoms with E-state index in [1.807, 2.05) is 30.3 Å². The summed E-state index contributed by atoms with van der Waals surface area (Å²) in [5.74, 6) is 0.608. The van der Waals surface area contributed by atoms with Crippen molar-refractivity contribution in [1.29, 1.82) is 0 Å². The Labute approximate surface area is 150 Å². The molecule has 7 heteroatoms. The maximum atomic E-state index is 12.0. The zero-order chi connectivity index (χ0) is 18.4. The van der Waals surface area contributed by atoms with E-state index in [2.05, 4.69) is 15.4 Å². The summed E-state index contributed by atoms with van der Waals surface area (Å²) in [6, 6.07) is 15.2. The van der Waals surface area contributed by atoms with E-state index in [4.69, 9.17) is 14.2 Å². The van der Waals surface area contributed by atoms with Crippen LogP contribution in [0.2, 0.25) is 0 Å². The standard InChI is InChI=1S/C19H19N3O4/c1-3-25-19(23)18-17(20-22-21-18)14-9-10-15(16(11-14)24-2)26-12-13-7-5-4-6-8-13/h4-11H,3,12H2,1-2H3,(H,20,21,22). The molecule has 0 amide bonds. The molecule has 0 bridgehead atoms. The van der Waals surface area contributed by atoms with Crippen molar-refractivity contribution in [3.8, 4) is 22.8 Å². The van der Waals surface area contributed by atoms with Crippen molar-refractivity contribution in [3.63, 3.8) is 0 Å². The van der Waals surface area contributed by atoms with Crippen LogP contribution in [-0.4, -0.2) is 35.1 Å². The predicted octanol–water partition coefficient (Wildman–Crippen LogP) is 3.24. The van der Waals surface area contributed by atoms with Gasteiger partial charge in [0.25, 0.3) is 0 Å². The summed E-state index contributed by atoms with van der Waals surface area (Å²) in [6.07, 6.45) is 0. The average Bonchev–Trinajstić information content (AvgIpc) is 3.17. The summed E-state index contributed by atoms with van der Waals surface area (Å²) in [7, 11) is 1.56. The summed E-state index contributed by atoms with van der Waals surface area (Å²) in [4.78, 5) is 12.0. The van der Waals surface area contributed by atoms with Crippen molar-refractivity contribution in [1.82, 2.24) is 15.4 Å². The molecule has 3 rings (SSSR count). The van der Waals surface area contributed by atoms with Gasteiger partial charge in [0, 0.05) is 5.56 Å². The number of rotatable bonds is 7. The van der Waals surface area contributed by atoms with E-state index < -0.39 is 5.97 Å². The van der Waals surface area contributed by atoms with Crippen LogP contribution in [0.25, 0.3) is 11.3 Å².